The number of hydrogen-bond acceptors (Lipinski definition) is 5. The van der Waals surface area contributed by atoms with E-state index in [1.54, 1.807) is 23.9 Å². The van der Waals surface area contributed by atoms with Crippen molar-refractivity contribution in [2.24, 2.45) is 0 Å². The van der Waals surface area contributed by atoms with Crippen molar-refractivity contribution in [1.29, 1.82) is 0 Å². The molecule has 0 aliphatic carbocycles. The van der Waals surface area contributed by atoms with Crippen molar-refractivity contribution in [3.63, 3.8) is 0 Å². The quantitative estimate of drug-likeness (QED) is 0.385. The summed E-state index contributed by atoms with van der Waals surface area (Å²) in [4.78, 5) is 10.3. The number of nitro benzene ring substituents is 1. The van der Waals surface area contributed by atoms with Crippen molar-refractivity contribution in [1.82, 2.24) is 10.2 Å². The van der Waals surface area contributed by atoms with Gasteiger partial charge in [-0.1, -0.05) is 41.6 Å². The van der Waals surface area contributed by atoms with Crippen LogP contribution in [-0.4, -0.2) is 15.1 Å². The molecule has 0 radical (unpaired) electrons. The molecule has 1 aromatic heterocycles. The van der Waals surface area contributed by atoms with Crippen LogP contribution in [0.25, 0.3) is 11.3 Å². The fourth-order valence-electron chi connectivity index (χ4n) is 2.15. The Morgan fingerprint density at radius 1 is 0.958 bits per heavy atom. The van der Waals surface area contributed by atoms with Crippen molar-refractivity contribution in [3.8, 4) is 11.3 Å². The van der Waals surface area contributed by atoms with Crippen molar-refractivity contribution >= 4 is 17.4 Å². The first kappa shape index (κ1) is 16.1. The van der Waals surface area contributed by atoms with Crippen molar-refractivity contribution in [3.05, 3.63) is 81.9 Å². The minimum absolute atomic E-state index is 0.0667. The van der Waals surface area contributed by atoms with E-state index in [0.717, 1.165) is 16.3 Å². The summed E-state index contributed by atoms with van der Waals surface area (Å²) in [5, 5.41) is 20.0. The number of nitrogens with zero attached hydrogens (tertiary/aromatic N) is 3. The maximum Gasteiger partial charge on any atom is 0.269 e. The average Bonchev–Trinajstić information content (AvgIpc) is 2.62. The highest BCUT2D eigenvalue weighted by Crippen LogP contribution is 2.24. The topological polar surface area (TPSA) is 68.9 Å². The van der Waals surface area contributed by atoms with E-state index in [1.165, 1.54) is 23.3 Å². The van der Waals surface area contributed by atoms with Gasteiger partial charge in [-0.25, -0.2) is 0 Å². The summed E-state index contributed by atoms with van der Waals surface area (Å²) >= 11 is 1.63. The third-order valence-corrected chi connectivity index (χ3v) is 4.51. The fraction of sp³-hybridized carbons (Fsp3) is 0.111. The predicted molar refractivity (Wildman–Crippen MR) is 94.9 cm³/mol. The molecule has 0 aliphatic rings. The Labute approximate surface area is 143 Å². The minimum atomic E-state index is -0.416. The molecule has 5 nitrogen and oxygen atoms in total. The lowest BCUT2D eigenvalue weighted by molar-refractivity contribution is -0.384. The smallest absolute Gasteiger partial charge is 0.258 e. The molecule has 0 saturated carbocycles. The van der Waals surface area contributed by atoms with Gasteiger partial charge in [-0.15, -0.1) is 10.2 Å². The zero-order valence-corrected chi connectivity index (χ0v) is 13.9. The van der Waals surface area contributed by atoms with Crippen molar-refractivity contribution < 1.29 is 4.92 Å². The molecule has 120 valence electrons. The molecule has 2 aromatic carbocycles. The molecule has 1 heterocycles. The van der Waals surface area contributed by atoms with Crippen LogP contribution in [0.2, 0.25) is 0 Å². The van der Waals surface area contributed by atoms with Gasteiger partial charge >= 0.3 is 0 Å². The largest absolute Gasteiger partial charge is 0.269 e. The van der Waals surface area contributed by atoms with Gasteiger partial charge in [0.05, 0.1) is 10.6 Å². The van der Waals surface area contributed by atoms with Crippen LogP contribution < -0.4 is 0 Å². The van der Waals surface area contributed by atoms with Gasteiger partial charge in [-0.2, -0.15) is 0 Å². The van der Waals surface area contributed by atoms with Crippen LogP contribution in [0.3, 0.4) is 0 Å². The van der Waals surface area contributed by atoms with E-state index in [2.05, 4.69) is 41.4 Å². The van der Waals surface area contributed by atoms with Gasteiger partial charge in [0, 0.05) is 23.4 Å². The lowest BCUT2D eigenvalue weighted by atomic mass is 10.1. The number of hydrogen-bond donors (Lipinski definition) is 0. The maximum atomic E-state index is 10.7. The lowest BCUT2D eigenvalue weighted by Gasteiger charge is -2.03. The Morgan fingerprint density at radius 2 is 1.67 bits per heavy atom. The van der Waals surface area contributed by atoms with Crippen LogP contribution in [0.5, 0.6) is 0 Å². The number of nitro groups is 1. The van der Waals surface area contributed by atoms with E-state index in [9.17, 15) is 10.1 Å². The second kappa shape index (κ2) is 7.23. The zero-order valence-electron chi connectivity index (χ0n) is 13.0. The van der Waals surface area contributed by atoms with Crippen molar-refractivity contribution in [2.45, 2.75) is 17.7 Å². The summed E-state index contributed by atoms with van der Waals surface area (Å²) in [7, 11) is 0. The van der Waals surface area contributed by atoms with Gasteiger partial charge in [-0.05, 0) is 36.8 Å². The molecule has 0 saturated heterocycles. The van der Waals surface area contributed by atoms with E-state index in [0.29, 0.717) is 5.69 Å². The Kier molecular flexibility index (Phi) is 4.86. The van der Waals surface area contributed by atoms with Crippen LogP contribution in [0.15, 0.2) is 65.7 Å². The van der Waals surface area contributed by atoms with E-state index in [4.69, 9.17) is 0 Å². The van der Waals surface area contributed by atoms with E-state index in [-0.39, 0.29) is 5.69 Å². The Balaban J connectivity index is 1.66. The number of aryl methyl sites for hydroxylation is 1. The molecular weight excluding hydrogens is 322 g/mol. The number of aromatic nitrogens is 2. The SMILES string of the molecule is Cc1ccc(CSc2ccc(-c3ccc([N+](=O)[O-])cc3)nn2)cc1. The molecule has 3 rings (SSSR count). The van der Waals surface area contributed by atoms with Crippen LogP contribution in [0, 0.1) is 17.0 Å². The summed E-state index contributed by atoms with van der Waals surface area (Å²) in [6.07, 6.45) is 0. The molecule has 0 bridgehead atoms. The molecule has 0 amide bonds. The second-order valence-electron chi connectivity index (χ2n) is 5.34. The monoisotopic (exact) mass is 337 g/mol. The number of non-ortho nitro benzene ring substituents is 1. The molecule has 0 N–H and O–H groups in total. The molecule has 24 heavy (non-hydrogen) atoms. The van der Waals surface area contributed by atoms with E-state index >= 15 is 0 Å². The van der Waals surface area contributed by atoms with E-state index in [1.807, 2.05) is 12.1 Å². The third-order valence-electron chi connectivity index (χ3n) is 3.52. The second-order valence-corrected chi connectivity index (χ2v) is 6.33. The fourth-order valence-corrected chi connectivity index (χ4v) is 2.92. The minimum Gasteiger partial charge on any atom is -0.258 e. The molecule has 0 fully saturated rings. The van der Waals surface area contributed by atoms with Gasteiger partial charge in [0.2, 0.25) is 0 Å². The Morgan fingerprint density at radius 3 is 2.25 bits per heavy atom. The number of rotatable bonds is 5. The summed E-state index contributed by atoms with van der Waals surface area (Å²) in [6.45, 7) is 2.07. The van der Waals surface area contributed by atoms with E-state index < -0.39 is 4.92 Å². The summed E-state index contributed by atoms with van der Waals surface area (Å²) in [5.41, 5.74) is 4.06. The van der Waals surface area contributed by atoms with Crippen molar-refractivity contribution in [2.75, 3.05) is 0 Å². The van der Waals surface area contributed by atoms with Gasteiger partial charge in [0.25, 0.3) is 5.69 Å². The Hall–Kier alpha value is -2.73. The first-order valence-corrected chi connectivity index (χ1v) is 8.37. The van der Waals surface area contributed by atoms with Crippen LogP contribution in [-0.2, 0) is 5.75 Å². The summed E-state index contributed by atoms with van der Waals surface area (Å²) in [6, 6.07) is 18.5. The first-order valence-electron chi connectivity index (χ1n) is 7.39. The molecular formula is C18H15N3O2S. The van der Waals surface area contributed by atoms with Gasteiger partial charge in [0.15, 0.2) is 0 Å². The van der Waals surface area contributed by atoms with Crippen LogP contribution in [0.1, 0.15) is 11.1 Å². The molecule has 0 spiro atoms. The number of benzene rings is 2. The lowest BCUT2D eigenvalue weighted by Crippen LogP contribution is -1.91. The molecule has 0 aliphatic heterocycles. The molecule has 0 atom stereocenters. The van der Waals surface area contributed by atoms with Crippen LogP contribution >= 0.6 is 11.8 Å². The summed E-state index contributed by atoms with van der Waals surface area (Å²) in [5.74, 6) is 0.839. The highest BCUT2D eigenvalue weighted by Gasteiger charge is 2.07. The molecule has 6 heteroatoms. The van der Waals surface area contributed by atoms with Gasteiger partial charge in [0.1, 0.15) is 5.03 Å². The van der Waals surface area contributed by atoms with Gasteiger partial charge < -0.3 is 0 Å². The highest BCUT2D eigenvalue weighted by atomic mass is 32.2. The third kappa shape index (κ3) is 3.97. The zero-order chi connectivity index (χ0) is 16.9. The highest BCUT2D eigenvalue weighted by molar-refractivity contribution is 7.98. The standard InChI is InChI=1S/C18H15N3O2S/c1-13-2-4-14(5-3-13)12-24-18-11-10-17(19-20-18)15-6-8-16(9-7-15)21(22)23/h2-11H,12H2,1H3. The van der Waals surface area contributed by atoms with Gasteiger partial charge in [-0.3, -0.25) is 10.1 Å². The average molecular weight is 337 g/mol. The molecule has 3 aromatic rings. The normalized spacial score (nSPS) is 10.5. The maximum absolute atomic E-state index is 10.7. The van der Waals surface area contributed by atoms with Crippen LogP contribution in [0.4, 0.5) is 5.69 Å². The first-order chi connectivity index (χ1) is 11.6. The molecule has 0 unspecified atom stereocenters. The Bertz CT molecular complexity index is 832. The summed E-state index contributed by atoms with van der Waals surface area (Å²) < 4.78 is 0. The predicted octanol–water partition coefficient (Wildman–Crippen LogP) is 4.65. The number of thioether (sulfide) groups is 1.